The number of pyridine rings is 1. The molecule has 0 saturated carbocycles. The molecule has 0 saturated heterocycles. The molecule has 7 nitrogen and oxygen atoms in total. The van der Waals surface area contributed by atoms with Gasteiger partial charge in [0.15, 0.2) is 6.61 Å². The molecule has 0 atom stereocenters. The first-order valence-electron chi connectivity index (χ1n) is 6.82. The van der Waals surface area contributed by atoms with E-state index in [1.165, 1.54) is 0 Å². The Hall–Kier alpha value is -2.80. The van der Waals surface area contributed by atoms with E-state index in [4.69, 9.17) is 16.3 Å². The normalized spacial score (nSPS) is 12.7. The van der Waals surface area contributed by atoms with E-state index in [1.54, 1.807) is 36.5 Å². The minimum atomic E-state index is -0.361. The van der Waals surface area contributed by atoms with Crippen LogP contribution in [-0.2, 0) is 11.3 Å². The zero-order chi connectivity index (χ0) is 16.2. The summed E-state index contributed by atoms with van der Waals surface area (Å²) in [6.45, 7) is 0.291. The van der Waals surface area contributed by atoms with Crippen LogP contribution in [0.4, 0.5) is 16.2 Å². The smallest absolute Gasteiger partial charge is 0.319 e. The van der Waals surface area contributed by atoms with Crippen molar-refractivity contribution < 1.29 is 14.3 Å². The second-order valence-corrected chi connectivity index (χ2v) is 5.23. The monoisotopic (exact) mass is 332 g/mol. The highest BCUT2D eigenvalue weighted by molar-refractivity contribution is 6.29. The minimum Gasteiger partial charge on any atom is -0.482 e. The molecule has 1 aromatic carbocycles. The topological polar surface area (TPSA) is 92.3 Å². The van der Waals surface area contributed by atoms with E-state index in [2.05, 4.69) is 20.9 Å². The zero-order valence-electron chi connectivity index (χ0n) is 11.9. The molecule has 3 N–H and O–H groups in total. The predicted molar refractivity (Wildman–Crippen MR) is 85.7 cm³/mol. The third kappa shape index (κ3) is 3.89. The van der Waals surface area contributed by atoms with E-state index in [0.717, 1.165) is 5.56 Å². The summed E-state index contributed by atoms with van der Waals surface area (Å²) in [5.74, 6) is 0.317. The van der Waals surface area contributed by atoms with Gasteiger partial charge in [-0.15, -0.1) is 0 Å². The number of nitrogens with zero attached hydrogens (tertiary/aromatic N) is 1. The van der Waals surface area contributed by atoms with Crippen LogP contribution < -0.4 is 20.7 Å². The molecule has 0 spiro atoms. The first-order chi connectivity index (χ1) is 11.1. The molecule has 1 aromatic heterocycles. The number of carbonyl (C=O) groups excluding carboxylic acids is 2. The molecule has 2 aromatic rings. The number of aromatic nitrogens is 1. The Kier molecular flexibility index (Phi) is 4.29. The van der Waals surface area contributed by atoms with Crippen LogP contribution >= 0.6 is 11.6 Å². The van der Waals surface area contributed by atoms with Gasteiger partial charge in [-0.2, -0.15) is 0 Å². The molecule has 23 heavy (non-hydrogen) atoms. The number of hydrogen-bond donors (Lipinski definition) is 3. The molecule has 0 bridgehead atoms. The second-order valence-electron chi connectivity index (χ2n) is 4.84. The van der Waals surface area contributed by atoms with Crippen LogP contribution in [0.25, 0.3) is 0 Å². The molecule has 118 valence electrons. The lowest BCUT2D eigenvalue weighted by Gasteiger charge is -2.18. The molecule has 8 heteroatoms. The van der Waals surface area contributed by atoms with Gasteiger partial charge in [-0.3, -0.25) is 4.79 Å². The molecule has 3 rings (SSSR count). The molecule has 1 aliphatic rings. The highest BCUT2D eigenvalue weighted by Crippen LogP contribution is 2.30. The Morgan fingerprint density at radius 2 is 2.22 bits per heavy atom. The van der Waals surface area contributed by atoms with Gasteiger partial charge in [-0.25, -0.2) is 9.78 Å². The zero-order valence-corrected chi connectivity index (χ0v) is 12.7. The summed E-state index contributed by atoms with van der Waals surface area (Å²) in [6.07, 6.45) is 1.60. The molecule has 0 radical (unpaired) electrons. The van der Waals surface area contributed by atoms with E-state index in [-0.39, 0.29) is 18.5 Å². The van der Waals surface area contributed by atoms with Gasteiger partial charge in [0.05, 0.1) is 5.69 Å². The summed E-state index contributed by atoms with van der Waals surface area (Å²) in [4.78, 5) is 27.0. The number of carbonyl (C=O) groups is 2. The Morgan fingerprint density at radius 3 is 3.00 bits per heavy atom. The fraction of sp³-hybridized carbons (Fsp3) is 0.133. The van der Waals surface area contributed by atoms with Gasteiger partial charge in [-0.1, -0.05) is 17.7 Å². The Balaban J connectivity index is 1.57. The van der Waals surface area contributed by atoms with E-state index in [1.807, 2.05) is 0 Å². The summed E-state index contributed by atoms with van der Waals surface area (Å²) in [6, 6.07) is 8.08. The predicted octanol–water partition coefficient (Wildman–Crippen LogP) is 2.39. The molecule has 0 fully saturated rings. The van der Waals surface area contributed by atoms with Gasteiger partial charge in [0.25, 0.3) is 5.91 Å². The van der Waals surface area contributed by atoms with E-state index >= 15 is 0 Å². The number of urea groups is 1. The summed E-state index contributed by atoms with van der Waals surface area (Å²) in [7, 11) is 0. The number of rotatable bonds is 3. The number of anilines is 2. The van der Waals surface area contributed by atoms with Crippen LogP contribution in [0.15, 0.2) is 36.5 Å². The number of halogens is 1. The van der Waals surface area contributed by atoms with Gasteiger partial charge in [0.1, 0.15) is 10.9 Å². The Labute approximate surface area is 137 Å². The van der Waals surface area contributed by atoms with Crippen molar-refractivity contribution in [1.82, 2.24) is 10.3 Å². The third-order valence-corrected chi connectivity index (χ3v) is 3.34. The summed E-state index contributed by atoms with van der Waals surface area (Å²) in [5, 5.41) is 8.49. The van der Waals surface area contributed by atoms with Gasteiger partial charge in [0, 0.05) is 24.5 Å². The lowest BCUT2D eigenvalue weighted by Crippen LogP contribution is -2.28. The lowest BCUT2D eigenvalue weighted by atomic mass is 10.2. The van der Waals surface area contributed by atoms with Gasteiger partial charge in [-0.05, 0) is 23.8 Å². The number of fused-ring (bicyclic) bond motifs is 1. The standard InChI is InChI=1S/C15H13ClN4O3/c16-13-4-1-9(6-17-13)7-18-15(22)19-10-2-3-11-12(5-10)23-8-14(21)20-11/h1-6H,7-8H2,(H,20,21)(H2,18,19,22). The van der Waals surface area contributed by atoms with Crippen molar-refractivity contribution in [2.24, 2.45) is 0 Å². The van der Waals surface area contributed by atoms with E-state index in [0.29, 0.717) is 28.8 Å². The quantitative estimate of drug-likeness (QED) is 0.752. The highest BCUT2D eigenvalue weighted by atomic mass is 35.5. The molecule has 2 heterocycles. The van der Waals surface area contributed by atoms with Crippen LogP contribution in [0.2, 0.25) is 5.15 Å². The number of ether oxygens (including phenoxy) is 1. The first kappa shape index (κ1) is 15.1. The maximum Gasteiger partial charge on any atom is 0.319 e. The summed E-state index contributed by atoms with van der Waals surface area (Å²) in [5.41, 5.74) is 1.98. The molecule has 1 aliphatic heterocycles. The number of hydrogen-bond acceptors (Lipinski definition) is 4. The number of amides is 3. The van der Waals surface area contributed by atoms with Gasteiger partial charge < -0.3 is 20.7 Å². The SMILES string of the molecule is O=C1COc2cc(NC(=O)NCc3ccc(Cl)nc3)ccc2N1. The van der Waals surface area contributed by atoms with Crippen molar-refractivity contribution in [3.05, 3.63) is 47.2 Å². The van der Waals surface area contributed by atoms with Gasteiger partial charge >= 0.3 is 6.03 Å². The third-order valence-electron chi connectivity index (χ3n) is 3.11. The highest BCUT2D eigenvalue weighted by Gasteiger charge is 2.16. The number of benzene rings is 1. The van der Waals surface area contributed by atoms with Crippen LogP contribution in [0.1, 0.15) is 5.56 Å². The van der Waals surface area contributed by atoms with E-state index < -0.39 is 0 Å². The lowest BCUT2D eigenvalue weighted by molar-refractivity contribution is -0.118. The molecular formula is C15H13ClN4O3. The van der Waals surface area contributed by atoms with Crippen LogP contribution in [0, 0.1) is 0 Å². The van der Waals surface area contributed by atoms with Crippen molar-refractivity contribution in [3.63, 3.8) is 0 Å². The molecule has 3 amide bonds. The second kappa shape index (κ2) is 6.53. The largest absolute Gasteiger partial charge is 0.482 e. The molecular weight excluding hydrogens is 320 g/mol. The van der Waals surface area contributed by atoms with Crippen LogP contribution in [0.5, 0.6) is 5.75 Å². The summed E-state index contributed by atoms with van der Waals surface area (Å²) >= 11 is 5.70. The average molecular weight is 333 g/mol. The Morgan fingerprint density at radius 1 is 1.35 bits per heavy atom. The maximum atomic E-state index is 11.9. The van der Waals surface area contributed by atoms with Crippen LogP contribution in [0.3, 0.4) is 0 Å². The van der Waals surface area contributed by atoms with Crippen molar-refractivity contribution in [3.8, 4) is 5.75 Å². The van der Waals surface area contributed by atoms with Crippen molar-refractivity contribution in [2.45, 2.75) is 6.54 Å². The first-order valence-corrected chi connectivity index (χ1v) is 7.20. The average Bonchev–Trinajstić information content (AvgIpc) is 2.54. The van der Waals surface area contributed by atoms with Crippen molar-refractivity contribution in [1.29, 1.82) is 0 Å². The fourth-order valence-corrected chi connectivity index (χ4v) is 2.13. The van der Waals surface area contributed by atoms with Crippen LogP contribution in [-0.4, -0.2) is 23.5 Å². The fourth-order valence-electron chi connectivity index (χ4n) is 2.02. The minimum absolute atomic E-state index is 0.0355. The summed E-state index contributed by atoms with van der Waals surface area (Å²) < 4.78 is 5.29. The van der Waals surface area contributed by atoms with E-state index in [9.17, 15) is 9.59 Å². The van der Waals surface area contributed by atoms with Crippen molar-refractivity contribution >= 4 is 34.9 Å². The molecule has 0 unspecified atom stereocenters. The molecule has 0 aliphatic carbocycles. The maximum absolute atomic E-state index is 11.9. The van der Waals surface area contributed by atoms with Gasteiger partial charge in [0.2, 0.25) is 0 Å². The Bertz CT molecular complexity index is 749. The van der Waals surface area contributed by atoms with Crippen molar-refractivity contribution in [2.75, 3.05) is 17.2 Å². The number of nitrogens with one attached hydrogen (secondary N) is 3.